The number of nitrogens with one attached hydrogen (secondary N) is 6. The summed E-state index contributed by atoms with van der Waals surface area (Å²) in [7, 11) is 0. The molecule has 8 atom stereocenters. The number of ketones is 1. The first-order chi connectivity index (χ1) is 51.2. The van der Waals surface area contributed by atoms with E-state index in [-0.39, 0.29) is 101 Å². The zero-order valence-corrected chi connectivity index (χ0v) is 58.0. The van der Waals surface area contributed by atoms with E-state index in [1.165, 1.54) is 29.2 Å². The van der Waals surface area contributed by atoms with Gasteiger partial charge in [-0.2, -0.15) is 39.5 Å². The number of aliphatic carboxylic acids is 3. The summed E-state index contributed by atoms with van der Waals surface area (Å²) in [5.41, 5.74) is 47.9. The van der Waals surface area contributed by atoms with Crippen LogP contribution in [-0.4, -0.2) is 207 Å². The van der Waals surface area contributed by atoms with Crippen molar-refractivity contribution in [2.75, 3.05) is 19.6 Å². The molecule has 35 nitrogen and oxygen atoms in total. The Morgan fingerprint density at radius 2 is 0.836 bits per heavy atom. The molecule has 44 heteroatoms. The molecular weight excluding hydrogens is 1490 g/mol. The third-order valence-corrected chi connectivity index (χ3v) is 15.1. The van der Waals surface area contributed by atoms with Crippen molar-refractivity contribution in [2.45, 2.75) is 144 Å². The molecule has 602 valence electrons. The van der Waals surface area contributed by atoms with Gasteiger partial charge in [-0.3, -0.25) is 62.7 Å². The SMILES string of the molecule is NC(=O)CC[C@H](NC(=O)[C@H](Cc1ccccc1)NC(=O)[C@@H](N)Cc1ccc(C(=O)c2ccccc2)cc1)C(=O)N[C@@H](CC(N)=O)C(=O)N[C@@H](CCCN=C(N)N)C(=O)N1CCC[C@H]1C(=O)N[C@@H](CCCN=C(N)N)C(=O)N[C@@H](Cc1ccc(O)cc1)C(N)=O.O=C(O)C(F)(F)F.O=C(O)C(F)(F)F.O=C(O)C(F)(F)F. The number of phenolic OH excluding ortho intramolecular Hbond substituents is 1. The molecule has 1 heterocycles. The van der Waals surface area contributed by atoms with E-state index in [0.29, 0.717) is 27.8 Å². The quantitative estimate of drug-likeness (QED) is 0.00820. The lowest BCUT2D eigenvalue weighted by Gasteiger charge is -2.31. The van der Waals surface area contributed by atoms with Crippen LogP contribution in [0.25, 0.3) is 0 Å². The lowest BCUT2D eigenvalue weighted by molar-refractivity contribution is -0.193. The fourth-order valence-corrected chi connectivity index (χ4v) is 9.68. The maximum atomic E-state index is 14.7. The second-order valence-corrected chi connectivity index (χ2v) is 23.7. The van der Waals surface area contributed by atoms with Gasteiger partial charge >= 0.3 is 36.4 Å². The molecule has 1 aliphatic heterocycles. The van der Waals surface area contributed by atoms with E-state index < -0.39 is 163 Å². The van der Waals surface area contributed by atoms with Crippen LogP contribution in [0.3, 0.4) is 0 Å². The number of carbonyl (C=O) groups is 14. The molecular formula is C66H82F9N17O18. The van der Waals surface area contributed by atoms with E-state index in [1.54, 1.807) is 84.9 Å². The summed E-state index contributed by atoms with van der Waals surface area (Å²) in [6, 6.07) is 18.1. The molecule has 110 heavy (non-hydrogen) atoms. The van der Waals surface area contributed by atoms with Crippen LogP contribution in [0.4, 0.5) is 39.5 Å². The number of benzene rings is 4. The van der Waals surface area contributed by atoms with E-state index in [2.05, 4.69) is 41.9 Å². The largest absolute Gasteiger partial charge is 0.508 e. The summed E-state index contributed by atoms with van der Waals surface area (Å²) in [5, 5.41) is 46.5. The summed E-state index contributed by atoms with van der Waals surface area (Å²) in [6.45, 7) is 0.00527. The first-order valence-electron chi connectivity index (χ1n) is 32.5. The molecule has 1 saturated heterocycles. The third-order valence-electron chi connectivity index (χ3n) is 15.1. The van der Waals surface area contributed by atoms with Gasteiger partial charge in [0.25, 0.3) is 0 Å². The number of hydrogen-bond acceptors (Lipinski definition) is 18. The van der Waals surface area contributed by atoms with Gasteiger partial charge in [0.15, 0.2) is 17.7 Å². The van der Waals surface area contributed by atoms with Gasteiger partial charge in [0.05, 0.1) is 12.5 Å². The van der Waals surface area contributed by atoms with E-state index in [0.717, 1.165) is 0 Å². The van der Waals surface area contributed by atoms with Crippen LogP contribution in [0.15, 0.2) is 119 Å². The van der Waals surface area contributed by atoms with Gasteiger partial charge in [-0.15, -0.1) is 0 Å². The zero-order chi connectivity index (χ0) is 83.4. The van der Waals surface area contributed by atoms with Crippen molar-refractivity contribution in [3.05, 3.63) is 137 Å². The number of nitrogens with zero attached hydrogens (tertiary/aromatic N) is 3. The normalized spacial score (nSPS) is 14.2. The maximum absolute atomic E-state index is 14.7. The molecule has 0 saturated carbocycles. The fourth-order valence-electron chi connectivity index (χ4n) is 9.68. The Hall–Kier alpha value is -12.7. The number of likely N-dealkylation sites (tertiary alicyclic amines) is 1. The number of primary amides is 3. The smallest absolute Gasteiger partial charge is 0.490 e. The van der Waals surface area contributed by atoms with Crippen LogP contribution in [-0.2, 0) is 81.6 Å². The minimum Gasteiger partial charge on any atom is -0.508 e. The van der Waals surface area contributed by atoms with Gasteiger partial charge in [-0.05, 0) is 80.2 Å². The number of hydrogen-bond donors (Lipinski definition) is 18. The minimum absolute atomic E-state index is 0.00847. The van der Waals surface area contributed by atoms with Crippen molar-refractivity contribution in [1.82, 2.24) is 36.8 Å². The number of halogens is 9. The third kappa shape index (κ3) is 35.6. The monoisotopic (exact) mass is 1570 g/mol. The molecule has 4 aromatic carbocycles. The molecule has 0 spiro atoms. The Kier molecular flexibility index (Phi) is 38.3. The van der Waals surface area contributed by atoms with Crippen molar-refractivity contribution in [2.24, 2.45) is 55.9 Å². The van der Waals surface area contributed by atoms with Gasteiger partial charge in [-0.25, -0.2) is 14.4 Å². The van der Waals surface area contributed by atoms with Crippen molar-refractivity contribution in [1.29, 1.82) is 0 Å². The summed E-state index contributed by atoms with van der Waals surface area (Å²) in [4.78, 5) is 186. The first-order valence-corrected chi connectivity index (χ1v) is 32.5. The standard InChI is InChI=1S/C60H79N17O12.3C2HF3O2/c61-40(30-35-17-21-38(22-18-35)50(81)37-12-5-2-6-13-37)52(83)75-45(32-34-10-3-1-4-11-34)55(86)71-42(25-26-48(62)79)54(85)76-46(33-49(63)80)56(87)73-43(15-8-28-70-60(67)68)58(89)77-29-9-16-47(77)57(88)72-41(14-7-27-69-59(65)66)53(84)74-44(51(64)82)31-36-19-23-39(78)24-20-36;3*3-2(4,5)1(6)7/h1-6,10-13,17-24,40-47,78H,7-9,14-16,25-33,61H2,(H2,62,79)(H2,63,80)(H2,64,82)(H,71,86)(H,72,88)(H,73,87)(H,74,84)(H,75,83)(H,76,85)(H4,65,66,69)(H4,67,68,70);3*(H,6,7)/t40-,41-,42-,43-,44-,45-,46-,47-;;;/m0.../s1. The van der Waals surface area contributed by atoms with Crippen molar-refractivity contribution < 1.29 is 127 Å². The predicted octanol–water partition coefficient (Wildman–Crippen LogP) is -1.49. The highest BCUT2D eigenvalue weighted by Crippen LogP contribution is 2.22. The summed E-state index contributed by atoms with van der Waals surface area (Å²) >= 11 is 0. The van der Waals surface area contributed by atoms with Gasteiger partial charge in [-0.1, -0.05) is 97.1 Å². The number of alkyl halides is 9. The fraction of sp³-hybridized carbons (Fsp3) is 0.394. The Bertz CT molecular complexity index is 3810. The molecule has 1 fully saturated rings. The van der Waals surface area contributed by atoms with Gasteiger partial charge in [0.1, 0.15) is 48.0 Å². The van der Waals surface area contributed by atoms with Gasteiger partial charge in [0.2, 0.25) is 59.1 Å². The zero-order valence-electron chi connectivity index (χ0n) is 58.0. The molecule has 10 amide bonds. The number of carboxylic acid groups (broad SMARTS) is 3. The molecule has 0 aromatic heterocycles. The topological polar surface area (TPSA) is 628 Å². The maximum Gasteiger partial charge on any atom is 0.490 e. The molecule has 5 rings (SSSR count). The van der Waals surface area contributed by atoms with Crippen LogP contribution in [0.1, 0.15) is 90.4 Å². The van der Waals surface area contributed by atoms with Crippen molar-refractivity contribution >= 4 is 94.7 Å². The van der Waals surface area contributed by atoms with Gasteiger partial charge < -0.3 is 103 Å². The molecule has 26 N–H and O–H groups in total. The highest BCUT2D eigenvalue weighted by molar-refractivity contribution is 6.09. The van der Waals surface area contributed by atoms with E-state index in [4.69, 9.17) is 75.6 Å². The number of amides is 10. The van der Waals surface area contributed by atoms with Crippen LogP contribution >= 0.6 is 0 Å². The number of guanidine groups is 2. The molecule has 0 bridgehead atoms. The molecule has 0 radical (unpaired) electrons. The van der Waals surface area contributed by atoms with Crippen LogP contribution < -0.4 is 77.8 Å². The molecule has 4 aromatic rings. The summed E-state index contributed by atoms with van der Waals surface area (Å²) in [6.07, 6.45) is -16.8. The van der Waals surface area contributed by atoms with Crippen LogP contribution in [0.2, 0.25) is 0 Å². The number of phenols is 1. The van der Waals surface area contributed by atoms with E-state index in [9.17, 15) is 97.4 Å². The summed E-state index contributed by atoms with van der Waals surface area (Å²) < 4.78 is 95.2. The second-order valence-electron chi connectivity index (χ2n) is 23.7. The highest BCUT2D eigenvalue weighted by atomic mass is 19.4. The lowest BCUT2D eigenvalue weighted by atomic mass is 9.99. The van der Waals surface area contributed by atoms with Gasteiger partial charge in [0, 0.05) is 50.0 Å². The highest BCUT2D eigenvalue weighted by Gasteiger charge is 2.42. The Labute approximate surface area is 618 Å². The number of aromatic hydroxyl groups is 1. The minimum atomic E-state index is -5.08. The second kappa shape index (κ2) is 45.1. The summed E-state index contributed by atoms with van der Waals surface area (Å²) in [5.74, 6) is -18.2. The Balaban J connectivity index is 0.00000170. The van der Waals surface area contributed by atoms with Crippen molar-refractivity contribution in [3.8, 4) is 5.75 Å². The Morgan fingerprint density at radius 1 is 0.455 bits per heavy atom. The number of aliphatic imine (C=N–C) groups is 2. The van der Waals surface area contributed by atoms with Crippen LogP contribution in [0.5, 0.6) is 5.75 Å². The number of carbonyl (C=O) groups excluding carboxylic acids is 11. The molecule has 0 aliphatic carbocycles. The van der Waals surface area contributed by atoms with E-state index >= 15 is 0 Å². The lowest BCUT2D eigenvalue weighted by Crippen LogP contribution is -2.60. The first kappa shape index (κ1) is 93.4. The predicted molar refractivity (Wildman–Crippen MR) is 369 cm³/mol. The molecule has 1 aliphatic rings. The van der Waals surface area contributed by atoms with Crippen LogP contribution in [0, 0.1) is 0 Å². The van der Waals surface area contributed by atoms with Crippen molar-refractivity contribution in [3.63, 3.8) is 0 Å². The average molecular weight is 1570 g/mol. The average Bonchev–Trinajstić information content (AvgIpc) is 1.59. The Morgan fingerprint density at radius 3 is 1.30 bits per heavy atom. The molecule has 0 unspecified atom stereocenters. The number of nitrogens with two attached hydrogens (primary N) is 8. The van der Waals surface area contributed by atoms with E-state index in [1.807, 2.05) is 0 Å². The number of rotatable bonds is 35. The number of carboxylic acids is 3.